The van der Waals surface area contributed by atoms with Crippen molar-refractivity contribution in [3.05, 3.63) is 59.7 Å². The first-order valence-corrected chi connectivity index (χ1v) is 5.36. The van der Waals surface area contributed by atoms with Crippen molar-refractivity contribution in [2.24, 2.45) is 0 Å². The number of rotatable bonds is 4. The average molecular weight is 213 g/mol. The van der Waals surface area contributed by atoms with Gasteiger partial charge in [-0.25, -0.2) is 0 Å². The molecule has 0 amide bonds. The highest BCUT2D eigenvalue weighted by Gasteiger charge is 1.97. The molecule has 0 aliphatic rings. The largest absolute Gasteiger partial charge is 0.307 e. The molecule has 0 unspecified atom stereocenters. The van der Waals surface area contributed by atoms with Gasteiger partial charge in [-0.05, 0) is 36.2 Å². The third-order valence-electron chi connectivity index (χ3n) is 2.48. The molecule has 0 spiro atoms. The summed E-state index contributed by atoms with van der Waals surface area (Å²) in [5.41, 5.74) is 3.57. The van der Waals surface area contributed by atoms with Gasteiger partial charge in [0.2, 0.25) is 0 Å². The summed E-state index contributed by atoms with van der Waals surface area (Å²) < 4.78 is 0. The van der Waals surface area contributed by atoms with E-state index in [1.54, 1.807) is 0 Å². The fraction of sp³-hybridized carbons (Fsp3) is 0.231. The maximum atomic E-state index is 4.26. The molecule has 0 atom stereocenters. The molecule has 0 aliphatic carbocycles. The van der Waals surface area contributed by atoms with Crippen molar-refractivity contribution in [2.45, 2.75) is 20.0 Å². The van der Waals surface area contributed by atoms with Gasteiger partial charge in [-0.1, -0.05) is 6.07 Å². The molecule has 0 aliphatic heterocycles. The summed E-state index contributed by atoms with van der Waals surface area (Å²) in [5, 5.41) is 3.37. The molecule has 82 valence electrons. The summed E-state index contributed by atoms with van der Waals surface area (Å²) in [6, 6.07) is 7.99. The van der Waals surface area contributed by atoms with Crippen molar-refractivity contribution in [3.8, 4) is 0 Å². The number of aryl methyl sites for hydroxylation is 1. The Hall–Kier alpha value is -1.74. The molecule has 2 rings (SSSR count). The Kier molecular flexibility index (Phi) is 3.62. The first-order valence-electron chi connectivity index (χ1n) is 5.36. The molecular formula is C13H15N3. The predicted molar refractivity (Wildman–Crippen MR) is 63.8 cm³/mol. The summed E-state index contributed by atoms with van der Waals surface area (Å²) in [6.45, 7) is 3.72. The zero-order valence-corrected chi connectivity index (χ0v) is 9.35. The van der Waals surface area contributed by atoms with Crippen LogP contribution in [0.25, 0.3) is 0 Å². The standard InChI is InChI=1S/C13H15N3/c1-11-8-14-7-5-12(11)9-15-10-13-4-2-3-6-16-13/h2-8,15H,9-10H2,1H3. The topological polar surface area (TPSA) is 37.8 Å². The third kappa shape index (κ3) is 2.87. The number of hydrogen-bond donors (Lipinski definition) is 1. The average Bonchev–Trinajstić information content (AvgIpc) is 2.33. The van der Waals surface area contributed by atoms with Crippen molar-refractivity contribution < 1.29 is 0 Å². The minimum Gasteiger partial charge on any atom is -0.307 e. The van der Waals surface area contributed by atoms with Crippen LogP contribution in [0.1, 0.15) is 16.8 Å². The van der Waals surface area contributed by atoms with E-state index in [0.29, 0.717) is 0 Å². The van der Waals surface area contributed by atoms with E-state index in [-0.39, 0.29) is 0 Å². The van der Waals surface area contributed by atoms with Crippen LogP contribution in [0.5, 0.6) is 0 Å². The van der Waals surface area contributed by atoms with Crippen LogP contribution in [0, 0.1) is 6.92 Å². The quantitative estimate of drug-likeness (QED) is 0.845. The van der Waals surface area contributed by atoms with E-state index in [4.69, 9.17) is 0 Å². The lowest BCUT2D eigenvalue weighted by molar-refractivity contribution is 0.676. The van der Waals surface area contributed by atoms with Gasteiger partial charge in [0.05, 0.1) is 5.69 Å². The van der Waals surface area contributed by atoms with Gasteiger partial charge in [0.1, 0.15) is 0 Å². The van der Waals surface area contributed by atoms with Crippen LogP contribution < -0.4 is 5.32 Å². The molecule has 2 aromatic rings. The first kappa shape index (κ1) is 10.8. The Bertz CT molecular complexity index is 440. The highest BCUT2D eigenvalue weighted by Crippen LogP contribution is 2.04. The molecule has 0 bridgehead atoms. The van der Waals surface area contributed by atoms with Crippen LogP contribution >= 0.6 is 0 Å². The molecule has 16 heavy (non-hydrogen) atoms. The van der Waals surface area contributed by atoms with Crippen molar-refractivity contribution in [2.75, 3.05) is 0 Å². The minimum absolute atomic E-state index is 0.794. The van der Waals surface area contributed by atoms with Gasteiger partial charge in [0, 0.05) is 31.7 Å². The summed E-state index contributed by atoms with van der Waals surface area (Å²) in [6.07, 6.45) is 5.53. The zero-order valence-electron chi connectivity index (χ0n) is 9.35. The summed E-state index contributed by atoms with van der Waals surface area (Å²) >= 11 is 0. The maximum Gasteiger partial charge on any atom is 0.0541 e. The molecule has 0 fully saturated rings. The van der Waals surface area contributed by atoms with E-state index in [1.807, 2.05) is 42.9 Å². The van der Waals surface area contributed by atoms with Gasteiger partial charge >= 0.3 is 0 Å². The molecule has 2 heterocycles. The molecular weight excluding hydrogens is 198 g/mol. The van der Waals surface area contributed by atoms with Crippen molar-refractivity contribution in [3.63, 3.8) is 0 Å². The van der Waals surface area contributed by atoms with Crippen LogP contribution in [0.15, 0.2) is 42.9 Å². The summed E-state index contributed by atoms with van der Waals surface area (Å²) in [7, 11) is 0. The lowest BCUT2D eigenvalue weighted by Crippen LogP contribution is -2.14. The normalized spacial score (nSPS) is 10.3. The molecule has 0 radical (unpaired) electrons. The van der Waals surface area contributed by atoms with Crippen LogP contribution in [-0.4, -0.2) is 9.97 Å². The second-order valence-electron chi connectivity index (χ2n) is 3.73. The lowest BCUT2D eigenvalue weighted by atomic mass is 10.1. The Labute approximate surface area is 95.6 Å². The van der Waals surface area contributed by atoms with E-state index < -0.39 is 0 Å². The third-order valence-corrected chi connectivity index (χ3v) is 2.48. The smallest absolute Gasteiger partial charge is 0.0541 e. The fourth-order valence-corrected chi connectivity index (χ4v) is 1.53. The number of nitrogens with zero attached hydrogens (tertiary/aromatic N) is 2. The molecule has 3 heteroatoms. The van der Waals surface area contributed by atoms with Crippen LogP contribution in [0.2, 0.25) is 0 Å². The van der Waals surface area contributed by atoms with E-state index >= 15 is 0 Å². The summed E-state index contributed by atoms with van der Waals surface area (Å²) in [4.78, 5) is 8.33. The van der Waals surface area contributed by atoms with E-state index in [1.165, 1.54) is 11.1 Å². The van der Waals surface area contributed by atoms with Gasteiger partial charge in [-0.15, -0.1) is 0 Å². The predicted octanol–water partition coefficient (Wildman–Crippen LogP) is 2.07. The lowest BCUT2D eigenvalue weighted by Gasteiger charge is -2.06. The Balaban J connectivity index is 1.87. The number of pyridine rings is 2. The first-order chi connectivity index (χ1) is 7.86. The second-order valence-corrected chi connectivity index (χ2v) is 3.73. The van der Waals surface area contributed by atoms with E-state index in [2.05, 4.69) is 22.2 Å². The van der Waals surface area contributed by atoms with Gasteiger partial charge in [-0.3, -0.25) is 9.97 Å². The molecule has 0 saturated heterocycles. The number of aromatic nitrogens is 2. The van der Waals surface area contributed by atoms with Crippen molar-refractivity contribution >= 4 is 0 Å². The molecule has 3 nitrogen and oxygen atoms in total. The highest BCUT2D eigenvalue weighted by atomic mass is 14.9. The van der Waals surface area contributed by atoms with Crippen molar-refractivity contribution in [1.82, 2.24) is 15.3 Å². The van der Waals surface area contributed by atoms with Crippen LogP contribution in [-0.2, 0) is 13.1 Å². The van der Waals surface area contributed by atoms with Gasteiger partial charge in [0.25, 0.3) is 0 Å². The Morgan fingerprint density at radius 3 is 2.81 bits per heavy atom. The van der Waals surface area contributed by atoms with Crippen LogP contribution in [0.3, 0.4) is 0 Å². The van der Waals surface area contributed by atoms with E-state index in [0.717, 1.165) is 18.8 Å². The van der Waals surface area contributed by atoms with Gasteiger partial charge in [0.15, 0.2) is 0 Å². The van der Waals surface area contributed by atoms with Gasteiger partial charge in [-0.2, -0.15) is 0 Å². The molecule has 0 saturated carbocycles. The second kappa shape index (κ2) is 5.37. The highest BCUT2D eigenvalue weighted by molar-refractivity contribution is 5.21. The Morgan fingerprint density at radius 1 is 1.12 bits per heavy atom. The summed E-state index contributed by atoms with van der Waals surface area (Å²) in [5.74, 6) is 0. The molecule has 0 aromatic carbocycles. The maximum absolute atomic E-state index is 4.26. The molecule has 2 aromatic heterocycles. The number of hydrogen-bond acceptors (Lipinski definition) is 3. The fourth-order valence-electron chi connectivity index (χ4n) is 1.53. The SMILES string of the molecule is Cc1cnccc1CNCc1ccccn1. The molecule has 1 N–H and O–H groups in total. The van der Waals surface area contributed by atoms with Crippen molar-refractivity contribution in [1.29, 1.82) is 0 Å². The monoisotopic (exact) mass is 213 g/mol. The zero-order chi connectivity index (χ0) is 11.2. The number of nitrogens with one attached hydrogen (secondary N) is 1. The van der Waals surface area contributed by atoms with Crippen LogP contribution in [0.4, 0.5) is 0 Å². The van der Waals surface area contributed by atoms with Gasteiger partial charge < -0.3 is 5.32 Å². The van der Waals surface area contributed by atoms with E-state index in [9.17, 15) is 0 Å². The Morgan fingerprint density at radius 2 is 2.06 bits per heavy atom. The minimum atomic E-state index is 0.794.